The van der Waals surface area contributed by atoms with E-state index in [0.717, 1.165) is 19.5 Å². The number of sulfonamides is 1. The van der Waals surface area contributed by atoms with E-state index in [1.165, 1.54) is 12.8 Å². The molecule has 0 amide bonds. The summed E-state index contributed by atoms with van der Waals surface area (Å²) in [4.78, 5) is 2.38. The van der Waals surface area contributed by atoms with E-state index in [0.29, 0.717) is 12.5 Å². The maximum Gasteiger partial charge on any atom is 0.209 e. The molecule has 0 bridgehead atoms. The highest BCUT2D eigenvalue weighted by molar-refractivity contribution is 7.89. The minimum Gasteiger partial charge on any atom is -0.300 e. The summed E-state index contributed by atoms with van der Waals surface area (Å²) in [6.45, 7) is 4.17. The monoisotopic (exact) mass is 220 g/mol. The summed E-state index contributed by atoms with van der Waals surface area (Å²) in [5, 5.41) is 4.94. The van der Waals surface area contributed by atoms with Gasteiger partial charge in [-0.05, 0) is 38.8 Å². The van der Waals surface area contributed by atoms with Crippen molar-refractivity contribution in [1.82, 2.24) is 4.90 Å². The normalized spacial score (nSPS) is 24.3. The Morgan fingerprint density at radius 3 is 2.79 bits per heavy atom. The highest BCUT2D eigenvalue weighted by Gasteiger charge is 2.22. The third-order valence-corrected chi connectivity index (χ3v) is 3.70. The lowest BCUT2D eigenvalue weighted by molar-refractivity contribution is 0.249. The van der Waals surface area contributed by atoms with Crippen molar-refractivity contribution in [1.29, 1.82) is 0 Å². The maximum absolute atomic E-state index is 10.7. The molecule has 1 rings (SSSR count). The Morgan fingerprint density at radius 2 is 2.21 bits per heavy atom. The number of nitrogens with two attached hydrogens (primary N) is 1. The van der Waals surface area contributed by atoms with Crippen LogP contribution in [-0.4, -0.2) is 38.2 Å². The number of primary sulfonamides is 1. The predicted molar refractivity (Wildman–Crippen MR) is 57.5 cm³/mol. The summed E-state index contributed by atoms with van der Waals surface area (Å²) in [6.07, 6.45) is 4.32. The number of rotatable bonds is 5. The van der Waals surface area contributed by atoms with Gasteiger partial charge in [0.15, 0.2) is 0 Å². The van der Waals surface area contributed by atoms with Crippen LogP contribution in [0.3, 0.4) is 0 Å². The van der Waals surface area contributed by atoms with E-state index in [4.69, 9.17) is 5.14 Å². The summed E-state index contributed by atoms with van der Waals surface area (Å²) in [7, 11) is -3.27. The highest BCUT2D eigenvalue weighted by atomic mass is 32.2. The molecule has 1 aliphatic rings. The zero-order valence-electron chi connectivity index (χ0n) is 8.78. The van der Waals surface area contributed by atoms with Gasteiger partial charge in [0, 0.05) is 6.04 Å². The molecule has 0 saturated carbocycles. The molecule has 14 heavy (non-hydrogen) atoms. The van der Waals surface area contributed by atoms with Crippen LogP contribution in [0.4, 0.5) is 0 Å². The molecule has 5 heteroatoms. The van der Waals surface area contributed by atoms with Gasteiger partial charge >= 0.3 is 0 Å². The Morgan fingerprint density at radius 1 is 1.50 bits per heavy atom. The molecule has 84 valence electrons. The van der Waals surface area contributed by atoms with Crippen LogP contribution in [0.5, 0.6) is 0 Å². The zero-order valence-corrected chi connectivity index (χ0v) is 9.59. The van der Waals surface area contributed by atoms with Crippen LogP contribution in [-0.2, 0) is 10.0 Å². The number of hydrogen-bond acceptors (Lipinski definition) is 3. The number of hydrogen-bond donors (Lipinski definition) is 1. The Balaban J connectivity index is 2.24. The van der Waals surface area contributed by atoms with E-state index in [2.05, 4.69) is 11.8 Å². The number of likely N-dealkylation sites (tertiary alicyclic amines) is 1. The molecule has 0 radical (unpaired) electrons. The smallest absolute Gasteiger partial charge is 0.209 e. The molecule has 1 atom stereocenters. The van der Waals surface area contributed by atoms with Gasteiger partial charge in [0.25, 0.3) is 0 Å². The first-order valence-electron chi connectivity index (χ1n) is 5.27. The fourth-order valence-electron chi connectivity index (χ4n) is 2.12. The predicted octanol–water partition coefficient (Wildman–Crippen LogP) is 0.539. The van der Waals surface area contributed by atoms with Gasteiger partial charge in [-0.15, -0.1) is 0 Å². The number of nitrogens with zero attached hydrogens (tertiary/aromatic N) is 1. The van der Waals surface area contributed by atoms with Crippen LogP contribution >= 0.6 is 0 Å². The van der Waals surface area contributed by atoms with Gasteiger partial charge in [0.1, 0.15) is 0 Å². The summed E-state index contributed by atoms with van der Waals surface area (Å²) in [5.41, 5.74) is 0. The summed E-state index contributed by atoms with van der Waals surface area (Å²) in [6, 6.07) is 0.662. The third-order valence-electron chi connectivity index (χ3n) is 2.84. The topological polar surface area (TPSA) is 63.4 Å². The van der Waals surface area contributed by atoms with Crippen molar-refractivity contribution in [2.24, 2.45) is 5.14 Å². The molecule has 0 aromatic carbocycles. The van der Waals surface area contributed by atoms with Gasteiger partial charge in [-0.2, -0.15) is 0 Å². The minimum atomic E-state index is -3.27. The van der Waals surface area contributed by atoms with Gasteiger partial charge < -0.3 is 4.90 Å². The third kappa shape index (κ3) is 3.94. The quantitative estimate of drug-likeness (QED) is 0.735. The first kappa shape index (κ1) is 11.9. The Kier molecular flexibility index (Phi) is 4.34. The SMILES string of the molecule is CCC1CCCN1CCCS(N)(=O)=O. The molecule has 0 aliphatic carbocycles. The molecular formula is C9H20N2O2S. The Hall–Kier alpha value is -0.130. The molecule has 1 fully saturated rings. The minimum absolute atomic E-state index is 0.111. The van der Waals surface area contributed by atoms with Crippen molar-refractivity contribution < 1.29 is 8.42 Å². The maximum atomic E-state index is 10.7. The molecular weight excluding hydrogens is 200 g/mol. The molecule has 1 unspecified atom stereocenters. The average Bonchev–Trinajstić information content (AvgIpc) is 2.49. The molecule has 0 aromatic rings. The first-order valence-corrected chi connectivity index (χ1v) is 6.99. The molecule has 0 spiro atoms. The lowest BCUT2D eigenvalue weighted by Gasteiger charge is -2.22. The molecule has 2 N–H and O–H groups in total. The molecule has 1 saturated heterocycles. The lowest BCUT2D eigenvalue weighted by atomic mass is 10.2. The first-order chi connectivity index (χ1) is 6.53. The van der Waals surface area contributed by atoms with E-state index in [1.54, 1.807) is 0 Å². The second-order valence-electron chi connectivity index (χ2n) is 3.96. The summed E-state index contributed by atoms with van der Waals surface area (Å²) in [5.74, 6) is 0.111. The van der Waals surface area contributed by atoms with Crippen molar-refractivity contribution in [2.75, 3.05) is 18.8 Å². The van der Waals surface area contributed by atoms with Crippen LogP contribution in [0.15, 0.2) is 0 Å². The van der Waals surface area contributed by atoms with Crippen molar-refractivity contribution in [3.8, 4) is 0 Å². The van der Waals surface area contributed by atoms with Gasteiger partial charge in [-0.1, -0.05) is 6.92 Å². The molecule has 1 heterocycles. The fourth-order valence-corrected chi connectivity index (χ4v) is 2.65. The van der Waals surface area contributed by atoms with Crippen molar-refractivity contribution in [2.45, 2.75) is 38.6 Å². The van der Waals surface area contributed by atoms with E-state index in [-0.39, 0.29) is 5.75 Å². The van der Waals surface area contributed by atoms with E-state index < -0.39 is 10.0 Å². The van der Waals surface area contributed by atoms with Crippen LogP contribution in [0, 0.1) is 0 Å². The Bertz CT molecular complexity index is 264. The van der Waals surface area contributed by atoms with Gasteiger partial charge in [-0.25, -0.2) is 13.6 Å². The van der Waals surface area contributed by atoms with Gasteiger partial charge in [-0.3, -0.25) is 0 Å². The molecule has 0 aromatic heterocycles. The van der Waals surface area contributed by atoms with Crippen LogP contribution in [0.1, 0.15) is 32.6 Å². The van der Waals surface area contributed by atoms with Crippen LogP contribution in [0.2, 0.25) is 0 Å². The van der Waals surface area contributed by atoms with Crippen LogP contribution in [0.25, 0.3) is 0 Å². The second kappa shape index (κ2) is 5.09. The van der Waals surface area contributed by atoms with Crippen molar-refractivity contribution in [3.63, 3.8) is 0 Å². The lowest BCUT2D eigenvalue weighted by Crippen LogP contribution is -2.31. The average molecular weight is 220 g/mol. The van der Waals surface area contributed by atoms with E-state index >= 15 is 0 Å². The summed E-state index contributed by atoms with van der Waals surface area (Å²) >= 11 is 0. The zero-order chi connectivity index (χ0) is 10.6. The van der Waals surface area contributed by atoms with E-state index in [9.17, 15) is 8.42 Å². The largest absolute Gasteiger partial charge is 0.300 e. The fraction of sp³-hybridized carbons (Fsp3) is 1.00. The van der Waals surface area contributed by atoms with Crippen molar-refractivity contribution >= 4 is 10.0 Å². The van der Waals surface area contributed by atoms with Gasteiger partial charge in [0.05, 0.1) is 5.75 Å². The standard InChI is InChI=1S/C9H20N2O2S/c1-2-9-5-3-6-11(9)7-4-8-14(10,12)13/h9H,2-8H2,1H3,(H2,10,12,13). The van der Waals surface area contributed by atoms with E-state index in [1.807, 2.05) is 0 Å². The summed E-state index contributed by atoms with van der Waals surface area (Å²) < 4.78 is 21.4. The second-order valence-corrected chi connectivity index (χ2v) is 5.69. The van der Waals surface area contributed by atoms with Gasteiger partial charge in [0.2, 0.25) is 10.0 Å². The molecule has 1 aliphatic heterocycles. The van der Waals surface area contributed by atoms with Crippen LogP contribution < -0.4 is 5.14 Å². The Labute approximate surface area is 86.5 Å². The van der Waals surface area contributed by atoms with Crippen molar-refractivity contribution in [3.05, 3.63) is 0 Å². The highest BCUT2D eigenvalue weighted by Crippen LogP contribution is 2.19. The molecule has 4 nitrogen and oxygen atoms in total.